The van der Waals surface area contributed by atoms with E-state index in [0.29, 0.717) is 6.29 Å². The lowest BCUT2D eigenvalue weighted by Crippen LogP contribution is -2.00. The van der Waals surface area contributed by atoms with Crippen LogP contribution in [0.2, 0.25) is 0 Å². The number of aldehydes is 1. The molecule has 0 radical (unpaired) electrons. The first-order valence-corrected chi connectivity index (χ1v) is 2.04. The highest BCUT2D eigenvalue weighted by atomic mass is 16.5. The standard InChI is InChI=1S/C4H8O3/c5-1-3-7-4-2-6/h1,6H,2-4H2. The third kappa shape index (κ3) is 5.59. The second-order valence-corrected chi connectivity index (χ2v) is 0.965. The Hall–Kier alpha value is -0.410. The topological polar surface area (TPSA) is 46.5 Å². The Bertz CT molecular complexity index is 44.2. The lowest BCUT2D eigenvalue weighted by molar-refractivity contribution is -0.112. The van der Waals surface area contributed by atoms with Crippen LogP contribution in [0.5, 0.6) is 0 Å². The van der Waals surface area contributed by atoms with E-state index in [1.54, 1.807) is 0 Å². The molecule has 0 fully saturated rings. The van der Waals surface area contributed by atoms with Crippen LogP contribution in [0.4, 0.5) is 0 Å². The molecule has 0 aromatic carbocycles. The zero-order valence-corrected chi connectivity index (χ0v) is 3.96. The number of hydrogen-bond acceptors (Lipinski definition) is 3. The molecule has 0 bridgehead atoms. The number of aliphatic hydroxyl groups is 1. The van der Waals surface area contributed by atoms with Gasteiger partial charge in [0.05, 0.1) is 13.2 Å². The molecule has 0 saturated carbocycles. The zero-order valence-electron chi connectivity index (χ0n) is 3.96. The Kier molecular flexibility index (Phi) is 5.26. The van der Waals surface area contributed by atoms with Crippen LogP contribution in [-0.4, -0.2) is 31.2 Å². The Balaban J connectivity index is 2.56. The van der Waals surface area contributed by atoms with Gasteiger partial charge in [-0.05, 0) is 0 Å². The summed E-state index contributed by atoms with van der Waals surface area (Å²) in [5, 5.41) is 8.05. The van der Waals surface area contributed by atoms with Crippen molar-refractivity contribution in [3.8, 4) is 0 Å². The highest BCUT2D eigenvalue weighted by molar-refractivity contribution is 5.50. The van der Waals surface area contributed by atoms with Gasteiger partial charge in [-0.15, -0.1) is 0 Å². The van der Waals surface area contributed by atoms with E-state index in [9.17, 15) is 4.79 Å². The molecule has 0 heterocycles. The Labute approximate surface area is 41.9 Å². The molecule has 0 aliphatic carbocycles. The van der Waals surface area contributed by atoms with Crippen LogP contribution in [-0.2, 0) is 9.53 Å². The average molecular weight is 104 g/mol. The van der Waals surface area contributed by atoms with Gasteiger partial charge in [0.25, 0.3) is 0 Å². The Morgan fingerprint density at radius 1 is 1.71 bits per heavy atom. The summed E-state index contributed by atoms with van der Waals surface area (Å²) in [5.41, 5.74) is 0. The van der Waals surface area contributed by atoms with Gasteiger partial charge in [-0.1, -0.05) is 0 Å². The maximum Gasteiger partial charge on any atom is 0.145 e. The van der Waals surface area contributed by atoms with E-state index in [0.717, 1.165) is 0 Å². The maximum absolute atomic E-state index is 9.47. The molecule has 0 amide bonds. The van der Waals surface area contributed by atoms with Gasteiger partial charge in [-0.25, -0.2) is 0 Å². The van der Waals surface area contributed by atoms with E-state index >= 15 is 0 Å². The first-order valence-electron chi connectivity index (χ1n) is 2.04. The van der Waals surface area contributed by atoms with Gasteiger partial charge < -0.3 is 14.6 Å². The monoisotopic (exact) mass is 104 g/mol. The number of carbonyl (C=O) groups excluding carboxylic acids is 1. The summed E-state index contributed by atoms with van der Waals surface area (Å²) in [7, 11) is 0. The Morgan fingerprint density at radius 2 is 2.43 bits per heavy atom. The number of carbonyl (C=O) groups is 1. The van der Waals surface area contributed by atoms with Gasteiger partial charge in [0, 0.05) is 0 Å². The average Bonchev–Trinajstić information content (AvgIpc) is 1.69. The van der Waals surface area contributed by atoms with Crippen LogP contribution in [0.15, 0.2) is 0 Å². The molecule has 3 heteroatoms. The minimum Gasteiger partial charge on any atom is -0.394 e. The Morgan fingerprint density at radius 3 is 2.86 bits per heavy atom. The van der Waals surface area contributed by atoms with Crippen molar-refractivity contribution < 1.29 is 14.6 Å². The molecule has 3 nitrogen and oxygen atoms in total. The third-order valence-corrected chi connectivity index (χ3v) is 0.422. The fraction of sp³-hybridized carbons (Fsp3) is 0.750. The lowest BCUT2D eigenvalue weighted by atomic mass is 10.7. The normalized spacial score (nSPS) is 8.71. The SMILES string of the molecule is O=CCOCCO. The molecule has 0 atom stereocenters. The van der Waals surface area contributed by atoms with E-state index in [-0.39, 0.29) is 19.8 Å². The number of aliphatic hydroxyl groups excluding tert-OH is 1. The van der Waals surface area contributed by atoms with Crippen molar-refractivity contribution in [1.82, 2.24) is 0 Å². The summed E-state index contributed by atoms with van der Waals surface area (Å²) < 4.78 is 4.51. The van der Waals surface area contributed by atoms with Crippen molar-refractivity contribution in [3.05, 3.63) is 0 Å². The highest BCUT2D eigenvalue weighted by Gasteiger charge is 1.78. The van der Waals surface area contributed by atoms with Gasteiger partial charge in [0.15, 0.2) is 0 Å². The minimum atomic E-state index is -0.0200. The predicted octanol–water partition coefficient (Wildman–Crippen LogP) is -0.806. The molecule has 0 aliphatic heterocycles. The number of hydrogen-bond donors (Lipinski definition) is 1. The quantitative estimate of drug-likeness (QED) is 0.375. The molecule has 0 aromatic heterocycles. The van der Waals surface area contributed by atoms with E-state index in [2.05, 4.69) is 4.74 Å². The van der Waals surface area contributed by atoms with Crippen molar-refractivity contribution in [2.75, 3.05) is 19.8 Å². The molecular weight excluding hydrogens is 96.0 g/mol. The first kappa shape index (κ1) is 6.59. The molecule has 0 unspecified atom stereocenters. The van der Waals surface area contributed by atoms with Crippen LogP contribution >= 0.6 is 0 Å². The smallest absolute Gasteiger partial charge is 0.145 e. The minimum absolute atomic E-state index is 0.0200. The fourth-order valence-electron chi connectivity index (χ4n) is 0.196. The summed E-state index contributed by atoms with van der Waals surface area (Å²) in [6.45, 7) is 0.313. The fourth-order valence-corrected chi connectivity index (χ4v) is 0.196. The van der Waals surface area contributed by atoms with Crippen LogP contribution < -0.4 is 0 Å². The zero-order chi connectivity index (χ0) is 5.54. The molecule has 0 aromatic rings. The van der Waals surface area contributed by atoms with Crippen molar-refractivity contribution in [3.63, 3.8) is 0 Å². The number of ether oxygens (including phenoxy) is 1. The van der Waals surface area contributed by atoms with Gasteiger partial charge in [-0.3, -0.25) is 0 Å². The molecule has 0 aliphatic rings. The predicted molar refractivity (Wildman–Crippen MR) is 24.0 cm³/mol. The van der Waals surface area contributed by atoms with Gasteiger partial charge in [0.2, 0.25) is 0 Å². The van der Waals surface area contributed by atoms with E-state index in [1.165, 1.54) is 0 Å². The molecule has 0 rings (SSSR count). The molecular formula is C4H8O3. The number of rotatable bonds is 4. The molecule has 0 spiro atoms. The molecule has 0 saturated heterocycles. The second kappa shape index (κ2) is 5.59. The summed E-state index contributed by atoms with van der Waals surface area (Å²) in [6.07, 6.45) is 0.648. The van der Waals surface area contributed by atoms with Crippen molar-refractivity contribution in [1.29, 1.82) is 0 Å². The second-order valence-electron chi connectivity index (χ2n) is 0.965. The van der Waals surface area contributed by atoms with Crippen LogP contribution in [0.1, 0.15) is 0 Å². The van der Waals surface area contributed by atoms with E-state index in [1.807, 2.05) is 0 Å². The molecule has 7 heavy (non-hydrogen) atoms. The summed E-state index contributed by atoms with van der Waals surface area (Å²) >= 11 is 0. The lowest BCUT2D eigenvalue weighted by Gasteiger charge is -1.90. The summed E-state index contributed by atoms with van der Waals surface area (Å²) in [5.74, 6) is 0. The summed E-state index contributed by atoms with van der Waals surface area (Å²) in [4.78, 5) is 9.47. The van der Waals surface area contributed by atoms with Gasteiger partial charge in [-0.2, -0.15) is 0 Å². The largest absolute Gasteiger partial charge is 0.394 e. The van der Waals surface area contributed by atoms with Gasteiger partial charge >= 0.3 is 0 Å². The molecule has 42 valence electrons. The van der Waals surface area contributed by atoms with Crippen LogP contribution in [0.25, 0.3) is 0 Å². The van der Waals surface area contributed by atoms with Crippen LogP contribution in [0.3, 0.4) is 0 Å². The summed E-state index contributed by atoms with van der Waals surface area (Å²) in [6, 6.07) is 0. The molecule has 1 N–H and O–H groups in total. The van der Waals surface area contributed by atoms with E-state index < -0.39 is 0 Å². The third-order valence-electron chi connectivity index (χ3n) is 0.422. The maximum atomic E-state index is 9.47. The highest BCUT2D eigenvalue weighted by Crippen LogP contribution is 1.65. The van der Waals surface area contributed by atoms with Crippen molar-refractivity contribution in [2.45, 2.75) is 0 Å². The van der Waals surface area contributed by atoms with Crippen LogP contribution in [0, 0.1) is 0 Å². The van der Waals surface area contributed by atoms with Gasteiger partial charge in [0.1, 0.15) is 12.9 Å². The van der Waals surface area contributed by atoms with Crippen molar-refractivity contribution >= 4 is 6.29 Å². The van der Waals surface area contributed by atoms with Crippen molar-refractivity contribution in [2.24, 2.45) is 0 Å². The first-order chi connectivity index (χ1) is 3.41. The van der Waals surface area contributed by atoms with E-state index in [4.69, 9.17) is 5.11 Å².